The zero-order chi connectivity index (χ0) is 26.1. The van der Waals surface area contributed by atoms with Crippen LogP contribution in [0.15, 0.2) is 48.7 Å². The molecule has 0 saturated heterocycles. The second-order valence-electron chi connectivity index (χ2n) is 9.58. The van der Waals surface area contributed by atoms with Gasteiger partial charge >= 0.3 is 0 Å². The van der Waals surface area contributed by atoms with E-state index >= 15 is 0 Å². The predicted molar refractivity (Wildman–Crippen MR) is 148 cm³/mol. The second-order valence-corrected chi connectivity index (χ2v) is 9.58. The van der Waals surface area contributed by atoms with E-state index in [1.165, 1.54) is 24.0 Å². The summed E-state index contributed by atoms with van der Waals surface area (Å²) in [6.07, 6.45) is 8.54. The van der Waals surface area contributed by atoms with Gasteiger partial charge in [0.1, 0.15) is 11.6 Å². The van der Waals surface area contributed by atoms with E-state index < -0.39 is 0 Å². The Morgan fingerprint density at radius 3 is 2.44 bits per heavy atom. The van der Waals surface area contributed by atoms with Crippen LogP contribution in [-0.4, -0.2) is 30.0 Å². The van der Waals surface area contributed by atoms with Gasteiger partial charge in [-0.2, -0.15) is 0 Å². The largest absolute Gasteiger partial charge is 0.496 e. The summed E-state index contributed by atoms with van der Waals surface area (Å²) in [5, 5.41) is 0. The molecule has 1 heterocycles. The predicted octanol–water partition coefficient (Wildman–Crippen LogP) is 6.79. The van der Waals surface area contributed by atoms with Gasteiger partial charge in [-0.05, 0) is 60.9 Å². The number of ether oxygens (including phenoxy) is 1. The molecule has 0 spiro atoms. The van der Waals surface area contributed by atoms with Gasteiger partial charge in [-0.25, -0.2) is 9.97 Å². The van der Waals surface area contributed by atoms with Crippen molar-refractivity contribution in [2.75, 3.05) is 19.1 Å². The number of methoxy groups -OCH3 is 1. The molecule has 3 aromatic rings. The van der Waals surface area contributed by atoms with Crippen LogP contribution in [0.1, 0.15) is 78.6 Å². The summed E-state index contributed by atoms with van der Waals surface area (Å²) in [7, 11) is 3.55. The molecule has 0 radical (unpaired) electrons. The topological polar surface area (TPSA) is 55.3 Å². The van der Waals surface area contributed by atoms with Gasteiger partial charge in [0, 0.05) is 19.0 Å². The fraction of sp³-hybridized carbons (Fsp3) is 0.452. The average molecular weight is 488 g/mol. The van der Waals surface area contributed by atoms with Crippen molar-refractivity contribution in [2.45, 2.75) is 72.6 Å². The van der Waals surface area contributed by atoms with Crippen LogP contribution in [0, 0.1) is 12.8 Å². The van der Waals surface area contributed by atoms with Gasteiger partial charge in [0.25, 0.3) is 5.91 Å². The molecule has 5 heteroatoms. The summed E-state index contributed by atoms with van der Waals surface area (Å²) in [6.45, 7) is 8.60. The summed E-state index contributed by atoms with van der Waals surface area (Å²) in [5.74, 6) is 2.40. The molecule has 192 valence electrons. The van der Waals surface area contributed by atoms with Crippen LogP contribution in [0.5, 0.6) is 5.75 Å². The average Bonchev–Trinajstić information content (AvgIpc) is 2.90. The summed E-state index contributed by atoms with van der Waals surface area (Å²) >= 11 is 0. The molecule has 0 fully saturated rings. The lowest BCUT2D eigenvalue weighted by Gasteiger charge is -2.21. The fourth-order valence-corrected chi connectivity index (χ4v) is 4.66. The van der Waals surface area contributed by atoms with Crippen LogP contribution in [-0.2, 0) is 25.7 Å². The maximum absolute atomic E-state index is 13.2. The minimum absolute atomic E-state index is 0.0417. The maximum atomic E-state index is 13.2. The molecular weight excluding hydrogens is 446 g/mol. The number of benzene rings is 2. The number of hydrogen-bond donors (Lipinski definition) is 0. The molecule has 0 unspecified atom stereocenters. The molecule has 0 bridgehead atoms. The number of aromatic nitrogens is 2. The van der Waals surface area contributed by atoms with Crippen LogP contribution >= 0.6 is 0 Å². The van der Waals surface area contributed by atoms with E-state index in [4.69, 9.17) is 9.72 Å². The van der Waals surface area contributed by atoms with E-state index in [1.807, 2.05) is 31.2 Å². The Morgan fingerprint density at radius 2 is 1.78 bits per heavy atom. The van der Waals surface area contributed by atoms with Crippen molar-refractivity contribution in [2.24, 2.45) is 5.92 Å². The van der Waals surface area contributed by atoms with Crippen molar-refractivity contribution >= 4 is 11.6 Å². The number of rotatable bonds is 12. The van der Waals surface area contributed by atoms with Gasteiger partial charge in [-0.1, -0.05) is 70.4 Å². The Hall–Kier alpha value is -3.21. The van der Waals surface area contributed by atoms with Gasteiger partial charge in [-0.3, -0.25) is 4.79 Å². The molecule has 2 aromatic carbocycles. The molecule has 36 heavy (non-hydrogen) atoms. The highest BCUT2D eigenvalue weighted by Crippen LogP contribution is 2.26. The zero-order valence-corrected chi connectivity index (χ0v) is 22.8. The number of hydrogen-bond acceptors (Lipinski definition) is 4. The van der Waals surface area contributed by atoms with Gasteiger partial charge in [0.15, 0.2) is 0 Å². The zero-order valence-electron chi connectivity index (χ0n) is 22.8. The molecule has 0 saturated carbocycles. The Balaban J connectivity index is 1.77. The molecule has 1 amide bonds. The first-order chi connectivity index (χ1) is 17.4. The summed E-state index contributed by atoms with van der Waals surface area (Å²) < 4.78 is 5.73. The minimum Gasteiger partial charge on any atom is -0.496 e. The third kappa shape index (κ3) is 6.71. The molecule has 0 aliphatic rings. The highest BCUT2D eigenvalue weighted by atomic mass is 16.5. The first-order valence-electron chi connectivity index (χ1n) is 13.3. The number of anilines is 1. The van der Waals surface area contributed by atoms with E-state index in [2.05, 4.69) is 44.0 Å². The third-order valence-electron chi connectivity index (χ3n) is 7.07. The van der Waals surface area contributed by atoms with Crippen LogP contribution in [0.2, 0.25) is 0 Å². The van der Waals surface area contributed by atoms with E-state index in [-0.39, 0.29) is 5.91 Å². The van der Waals surface area contributed by atoms with Gasteiger partial charge < -0.3 is 9.64 Å². The molecule has 3 rings (SSSR count). The smallest absolute Gasteiger partial charge is 0.258 e. The number of carbonyl (C=O) groups excluding carboxylic acids is 1. The van der Waals surface area contributed by atoms with E-state index in [9.17, 15) is 4.79 Å². The number of nitrogens with zero attached hydrogens (tertiary/aromatic N) is 3. The van der Waals surface area contributed by atoms with Crippen LogP contribution < -0.4 is 9.64 Å². The van der Waals surface area contributed by atoms with Gasteiger partial charge in [0.05, 0.1) is 24.7 Å². The summed E-state index contributed by atoms with van der Waals surface area (Å²) in [4.78, 5) is 24.4. The highest BCUT2D eigenvalue weighted by Gasteiger charge is 2.20. The lowest BCUT2D eigenvalue weighted by molar-refractivity contribution is 0.0992. The molecule has 0 atom stereocenters. The van der Waals surface area contributed by atoms with Crippen molar-refractivity contribution in [3.63, 3.8) is 0 Å². The van der Waals surface area contributed by atoms with Crippen molar-refractivity contribution < 1.29 is 9.53 Å². The molecular formula is C31H41N3O2. The van der Waals surface area contributed by atoms with E-state index in [0.29, 0.717) is 17.9 Å². The fourth-order valence-electron chi connectivity index (χ4n) is 4.66. The van der Waals surface area contributed by atoms with Crippen molar-refractivity contribution in [3.8, 4) is 5.75 Å². The van der Waals surface area contributed by atoms with E-state index in [1.54, 1.807) is 25.3 Å². The van der Waals surface area contributed by atoms with Crippen molar-refractivity contribution in [1.29, 1.82) is 0 Å². The van der Waals surface area contributed by atoms with E-state index in [0.717, 1.165) is 54.2 Å². The Labute approximate surface area is 216 Å². The first-order valence-corrected chi connectivity index (χ1v) is 13.3. The molecule has 1 aromatic heterocycles. The van der Waals surface area contributed by atoms with Crippen LogP contribution in [0.3, 0.4) is 0 Å². The highest BCUT2D eigenvalue weighted by molar-refractivity contribution is 6.06. The molecule has 5 nitrogen and oxygen atoms in total. The maximum Gasteiger partial charge on any atom is 0.258 e. The summed E-state index contributed by atoms with van der Waals surface area (Å²) in [5.41, 5.74) is 5.85. The van der Waals surface area contributed by atoms with Crippen LogP contribution in [0.4, 0.5) is 5.69 Å². The lowest BCUT2D eigenvalue weighted by Crippen LogP contribution is -2.28. The third-order valence-corrected chi connectivity index (χ3v) is 7.07. The first kappa shape index (κ1) is 27.4. The normalized spacial score (nSPS) is 11.1. The van der Waals surface area contributed by atoms with Crippen LogP contribution in [0.25, 0.3) is 0 Å². The number of carbonyl (C=O) groups is 1. The monoisotopic (exact) mass is 487 g/mol. The SMILES string of the molecule is CCCc1nc(CCc2ccc(CC(CC)CC)cc2OC)ncc1N(C)C(=O)c1ccccc1C. The van der Waals surface area contributed by atoms with Gasteiger partial charge in [-0.15, -0.1) is 0 Å². The molecule has 0 aliphatic heterocycles. The Bertz CT molecular complexity index is 1150. The quantitative estimate of drug-likeness (QED) is 0.282. The number of amides is 1. The van der Waals surface area contributed by atoms with Crippen molar-refractivity contribution in [1.82, 2.24) is 9.97 Å². The molecule has 0 aliphatic carbocycles. The number of aryl methyl sites for hydroxylation is 4. The Morgan fingerprint density at radius 1 is 1.03 bits per heavy atom. The minimum atomic E-state index is -0.0417. The standard InChI is InChI=1S/C31H41N3O2/c1-7-12-27-28(34(5)31(35)26-14-11-10-13-22(26)4)21-32-30(33-27)18-17-25-16-15-24(20-29(25)36-6)19-23(8-2)9-3/h10-11,13-16,20-21,23H,7-9,12,17-19H2,1-6H3. The Kier molecular flexibility index (Phi) is 10.0. The summed E-state index contributed by atoms with van der Waals surface area (Å²) in [6, 6.07) is 14.3. The second kappa shape index (κ2) is 13.2. The van der Waals surface area contributed by atoms with Crippen molar-refractivity contribution in [3.05, 3.63) is 82.4 Å². The van der Waals surface area contributed by atoms with Gasteiger partial charge in [0.2, 0.25) is 0 Å². The molecule has 0 N–H and O–H groups in total. The lowest BCUT2D eigenvalue weighted by atomic mass is 9.93.